The Kier molecular flexibility index (Phi) is 8.89. The van der Waals surface area contributed by atoms with Crippen molar-refractivity contribution < 1.29 is 12.9 Å². The molecule has 3 aromatic carbocycles. The number of allylic oxidation sites excluding steroid dienone is 1. The van der Waals surface area contributed by atoms with Gasteiger partial charge in [-0.2, -0.15) is 4.28 Å². The van der Waals surface area contributed by atoms with Gasteiger partial charge >= 0.3 is 11.3 Å². The fraction of sp³-hybridized carbons (Fsp3) is 0.344. The standard InChI is InChI=1S/C32H32Cl2FN3O2S/c33-26-10-12-28(30(34)19-26)29-4-1-3-24-18-25(32-36-40-41(39)37-32)9-11-27(24)31(29)23-7-5-21(6-8-23)17-22-13-16-38(20-22)15-2-14-35/h5-12,18-19,22H,1-4,13-17,20H2,(H,36,37)/t22-,41?/m1/s1. The highest BCUT2D eigenvalue weighted by molar-refractivity contribution is 7.79. The Bertz CT molecular complexity index is 1530. The van der Waals surface area contributed by atoms with E-state index in [2.05, 4.69) is 51.2 Å². The molecule has 0 spiro atoms. The monoisotopic (exact) mass is 611 g/mol. The average molecular weight is 613 g/mol. The van der Waals surface area contributed by atoms with Gasteiger partial charge in [-0.25, -0.2) is 9.69 Å². The SMILES string of the molecule is O=S1N=C(c2ccc3c(c2)CCCC(c2ccc(Cl)cc2Cl)=C3c2ccc(C[C@H]3CCN(CCCF)C3)cc2)NO1. The fourth-order valence-corrected chi connectivity index (χ4v) is 7.28. The predicted octanol–water partition coefficient (Wildman–Crippen LogP) is 7.37. The first-order valence-electron chi connectivity index (χ1n) is 14.1. The molecular weight excluding hydrogens is 580 g/mol. The minimum Gasteiger partial charge on any atom is -0.303 e. The molecule has 2 aliphatic heterocycles. The normalized spacial score (nSPS) is 21.0. The molecule has 3 aromatic rings. The minimum absolute atomic E-state index is 0.243. The Morgan fingerprint density at radius 2 is 1.83 bits per heavy atom. The van der Waals surface area contributed by atoms with Crippen molar-refractivity contribution in [3.63, 3.8) is 0 Å². The largest absolute Gasteiger partial charge is 0.309 e. The lowest BCUT2D eigenvalue weighted by atomic mass is 9.86. The predicted molar refractivity (Wildman–Crippen MR) is 166 cm³/mol. The number of nitrogens with one attached hydrogen (secondary N) is 1. The van der Waals surface area contributed by atoms with E-state index < -0.39 is 11.3 Å². The third-order valence-corrected chi connectivity index (χ3v) is 9.30. The number of amidine groups is 1. The van der Waals surface area contributed by atoms with E-state index in [4.69, 9.17) is 27.5 Å². The lowest BCUT2D eigenvalue weighted by Crippen LogP contribution is -2.22. The van der Waals surface area contributed by atoms with Gasteiger partial charge in [-0.1, -0.05) is 65.7 Å². The van der Waals surface area contributed by atoms with Gasteiger partial charge in [0.1, 0.15) is 0 Å². The van der Waals surface area contributed by atoms with Crippen molar-refractivity contribution in [3.8, 4) is 0 Å². The number of hydroxylamine groups is 1. The van der Waals surface area contributed by atoms with Crippen molar-refractivity contribution >= 4 is 51.5 Å². The summed E-state index contributed by atoms with van der Waals surface area (Å²) in [6.07, 6.45) is 5.52. The van der Waals surface area contributed by atoms with E-state index >= 15 is 0 Å². The lowest BCUT2D eigenvalue weighted by Gasteiger charge is -2.19. The molecule has 0 saturated carbocycles. The molecule has 0 amide bonds. The third-order valence-electron chi connectivity index (χ3n) is 8.20. The molecule has 2 heterocycles. The van der Waals surface area contributed by atoms with Gasteiger partial charge in [0.2, 0.25) is 0 Å². The summed E-state index contributed by atoms with van der Waals surface area (Å²) in [6.45, 7) is 2.71. The number of alkyl halides is 1. The van der Waals surface area contributed by atoms with Crippen LogP contribution in [0.15, 0.2) is 65.1 Å². The maximum atomic E-state index is 12.6. The fourth-order valence-electron chi connectivity index (χ4n) is 6.27. The molecular formula is C32H32Cl2FN3O2S. The zero-order chi connectivity index (χ0) is 28.3. The van der Waals surface area contributed by atoms with E-state index in [1.165, 1.54) is 22.3 Å². The zero-order valence-corrected chi connectivity index (χ0v) is 25.0. The molecule has 5 nitrogen and oxygen atoms in total. The lowest BCUT2D eigenvalue weighted by molar-refractivity contribution is 0.301. The van der Waals surface area contributed by atoms with E-state index in [-0.39, 0.29) is 6.67 Å². The molecule has 1 unspecified atom stereocenters. The number of hydrogen-bond acceptors (Lipinski definition) is 4. The Morgan fingerprint density at radius 1 is 1.02 bits per heavy atom. The summed E-state index contributed by atoms with van der Waals surface area (Å²) in [5, 5.41) is 1.26. The summed E-state index contributed by atoms with van der Waals surface area (Å²) in [5.74, 6) is 1.08. The number of benzene rings is 3. The highest BCUT2D eigenvalue weighted by Gasteiger charge is 2.25. The molecule has 41 heavy (non-hydrogen) atoms. The van der Waals surface area contributed by atoms with Crippen LogP contribution in [0.2, 0.25) is 10.0 Å². The number of halogens is 3. The Balaban J connectivity index is 1.36. The van der Waals surface area contributed by atoms with Crippen LogP contribution in [0.4, 0.5) is 4.39 Å². The second kappa shape index (κ2) is 12.8. The molecule has 0 radical (unpaired) electrons. The number of rotatable bonds is 8. The first-order valence-corrected chi connectivity index (χ1v) is 15.9. The van der Waals surface area contributed by atoms with E-state index in [9.17, 15) is 8.60 Å². The Labute approximate surface area is 253 Å². The minimum atomic E-state index is -1.71. The van der Waals surface area contributed by atoms with Crippen molar-refractivity contribution in [1.29, 1.82) is 0 Å². The van der Waals surface area contributed by atoms with Crippen molar-refractivity contribution in [2.45, 2.75) is 38.5 Å². The van der Waals surface area contributed by atoms with E-state index in [0.717, 1.165) is 74.0 Å². The second-order valence-corrected chi connectivity index (χ2v) is 12.6. The number of likely N-dealkylation sites (tertiary alicyclic amines) is 1. The first kappa shape index (κ1) is 28.6. The van der Waals surface area contributed by atoms with Gasteiger partial charge in [0.05, 0.1) is 6.67 Å². The second-order valence-electron chi connectivity index (χ2n) is 10.9. The highest BCUT2D eigenvalue weighted by Crippen LogP contribution is 2.42. The van der Waals surface area contributed by atoms with Gasteiger partial charge in [-0.05, 0) is 108 Å². The van der Waals surface area contributed by atoms with Crippen LogP contribution >= 0.6 is 23.2 Å². The van der Waals surface area contributed by atoms with Gasteiger partial charge < -0.3 is 4.90 Å². The average Bonchev–Trinajstić information content (AvgIpc) is 3.56. The molecule has 0 aromatic heterocycles. The summed E-state index contributed by atoms with van der Waals surface area (Å²) in [4.78, 5) is 2.39. The first-order chi connectivity index (χ1) is 20.0. The van der Waals surface area contributed by atoms with Crippen LogP contribution in [0.5, 0.6) is 0 Å². The maximum Gasteiger partial charge on any atom is 0.309 e. The van der Waals surface area contributed by atoms with Crippen LogP contribution in [0.25, 0.3) is 11.1 Å². The number of aryl methyl sites for hydroxylation is 1. The molecule has 9 heteroatoms. The number of hydrogen-bond donors (Lipinski definition) is 1. The van der Waals surface area contributed by atoms with E-state index in [1.807, 2.05) is 24.3 Å². The molecule has 3 aliphatic rings. The molecule has 2 atom stereocenters. The molecule has 214 valence electrons. The molecule has 1 fully saturated rings. The molecule has 1 aliphatic carbocycles. The summed E-state index contributed by atoms with van der Waals surface area (Å²) < 4.78 is 33.2. The van der Waals surface area contributed by atoms with Crippen LogP contribution in [0, 0.1) is 5.92 Å². The molecule has 1 N–H and O–H groups in total. The van der Waals surface area contributed by atoms with Gasteiger partial charge in [0, 0.05) is 28.7 Å². The molecule has 6 rings (SSSR count). The smallest absolute Gasteiger partial charge is 0.303 e. The summed E-state index contributed by atoms with van der Waals surface area (Å²) in [5.41, 5.74) is 11.7. The topological polar surface area (TPSA) is 53.9 Å². The maximum absolute atomic E-state index is 12.6. The van der Waals surface area contributed by atoms with Gasteiger partial charge in [0.15, 0.2) is 5.84 Å². The molecule has 0 bridgehead atoms. The molecule has 1 saturated heterocycles. The van der Waals surface area contributed by atoms with Crippen LogP contribution in [-0.4, -0.2) is 41.3 Å². The van der Waals surface area contributed by atoms with Crippen LogP contribution < -0.4 is 5.48 Å². The van der Waals surface area contributed by atoms with Crippen LogP contribution in [0.1, 0.15) is 59.1 Å². The van der Waals surface area contributed by atoms with E-state index in [1.54, 1.807) is 0 Å². The van der Waals surface area contributed by atoms with Crippen molar-refractivity contribution in [2.24, 2.45) is 10.3 Å². The zero-order valence-electron chi connectivity index (χ0n) is 22.7. The summed E-state index contributed by atoms with van der Waals surface area (Å²) >= 11 is 11.3. The van der Waals surface area contributed by atoms with Gasteiger partial charge in [-0.15, -0.1) is 4.40 Å². The van der Waals surface area contributed by atoms with Crippen molar-refractivity contribution in [1.82, 2.24) is 10.4 Å². The highest BCUT2D eigenvalue weighted by atomic mass is 35.5. The number of nitrogens with zero attached hydrogens (tertiary/aromatic N) is 2. The van der Waals surface area contributed by atoms with Gasteiger partial charge in [-0.3, -0.25) is 4.39 Å². The Morgan fingerprint density at radius 3 is 2.59 bits per heavy atom. The quantitative estimate of drug-likeness (QED) is 0.289. The Hall–Kier alpha value is -2.55. The van der Waals surface area contributed by atoms with Crippen LogP contribution in [-0.2, 0) is 28.4 Å². The van der Waals surface area contributed by atoms with Crippen molar-refractivity contribution in [2.75, 3.05) is 26.3 Å². The van der Waals surface area contributed by atoms with Crippen molar-refractivity contribution in [3.05, 3.63) is 104 Å². The summed E-state index contributed by atoms with van der Waals surface area (Å²) in [6, 6.07) is 20.9. The third kappa shape index (κ3) is 6.45. The summed E-state index contributed by atoms with van der Waals surface area (Å²) in [7, 11) is 0. The van der Waals surface area contributed by atoms with E-state index in [0.29, 0.717) is 28.2 Å². The van der Waals surface area contributed by atoms with Gasteiger partial charge in [0.25, 0.3) is 0 Å². The van der Waals surface area contributed by atoms with Crippen LogP contribution in [0.3, 0.4) is 0 Å². The number of fused-ring (bicyclic) bond motifs is 1.